The van der Waals surface area contributed by atoms with Gasteiger partial charge >= 0.3 is 0 Å². The van der Waals surface area contributed by atoms with Crippen LogP contribution in [0.25, 0.3) is 0 Å². The van der Waals surface area contributed by atoms with Gasteiger partial charge in [0, 0.05) is 6.04 Å². The predicted octanol–water partition coefficient (Wildman–Crippen LogP) is 3.80. The van der Waals surface area contributed by atoms with Gasteiger partial charge in [-0.05, 0) is 56.3 Å². The van der Waals surface area contributed by atoms with Crippen LogP contribution in [0.1, 0.15) is 44.1 Å². The monoisotopic (exact) mass is 261 g/mol. The van der Waals surface area contributed by atoms with Gasteiger partial charge in [0.1, 0.15) is 5.75 Å². The van der Waals surface area contributed by atoms with Gasteiger partial charge in [0.25, 0.3) is 0 Å². The Morgan fingerprint density at radius 2 is 1.89 bits per heavy atom. The summed E-state index contributed by atoms with van der Waals surface area (Å²) in [4.78, 5) is 0. The molecule has 1 aromatic carbocycles. The maximum atomic E-state index is 5.20. The molecule has 1 aliphatic carbocycles. The molecule has 0 amide bonds. The molecule has 2 unspecified atom stereocenters. The number of hydrogen-bond donors (Lipinski definition) is 1. The zero-order valence-electron chi connectivity index (χ0n) is 12.3. The molecule has 1 aromatic rings. The van der Waals surface area contributed by atoms with Gasteiger partial charge in [0.05, 0.1) is 7.11 Å². The lowest BCUT2D eigenvalue weighted by Gasteiger charge is -2.19. The summed E-state index contributed by atoms with van der Waals surface area (Å²) in [5, 5.41) is 3.47. The summed E-state index contributed by atoms with van der Waals surface area (Å²) in [6, 6.07) is 9.27. The van der Waals surface area contributed by atoms with E-state index in [9.17, 15) is 0 Å². The Balaban J connectivity index is 1.82. The lowest BCUT2D eigenvalue weighted by molar-refractivity contribution is 0.381. The Hall–Kier alpha value is -1.02. The molecular weight excluding hydrogens is 234 g/mol. The molecule has 2 nitrogen and oxygen atoms in total. The van der Waals surface area contributed by atoms with Gasteiger partial charge in [0.2, 0.25) is 0 Å². The molecular formula is C17H27NO. The molecule has 1 saturated carbocycles. The summed E-state index contributed by atoms with van der Waals surface area (Å²) in [5.41, 5.74) is 1.44. The van der Waals surface area contributed by atoms with Gasteiger partial charge in [-0.15, -0.1) is 0 Å². The van der Waals surface area contributed by atoms with Crippen LogP contribution in [0.3, 0.4) is 0 Å². The Labute approximate surface area is 117 Å². The Morgan fingerprint density at radius 3 is 2.58 bits per heavy atom. The largest absolute Gasteiger partial charge is 0.497 e. The van der Waals surface area contributed by atoms with E-state index in [1.165, 1.54) is 50.5 Å². The molecule has 106 valence electrons. The minimum Gasteiger partial charge on any atom is -0.497 e. The first kappa shape index (κ1) is 14.4. The fraction of sp³-hybridized carbons (Fsp3) is 0.647. The smallest absolute Gasteiger partial charge is 0.118 e. The van der Waals surface area contributed by atoms with Crippen molar-refractivity contribution in [3.05, 3.63) is 29.8 Å². The average Bonchev–Trinajstić information content (AvgIpc) is 2.70. The molecule has 0 saturated heterocycles. The lowest BCUT2D eigenvalue weighted by atomic mass is 9.91. The standard InChI is InChI=1S/C17H27NO/c1-18-16-6-4-3-5-15(13-16)8-7-14-9-11-17(19-2)12-10-14/h9-12,15-16,18H,3-8,13H2,1-2H3. The number of hydrogen-bond acceptors (Lipinski definition) is 2. The van der Waals surface area contributed by atoms with Crippen molar-refractivity contribution in [2.75, 3.05) is 14.2 Å². The van der Waals surface area contributed by atoms with Crippen molar-refractivity contribution in [1.29, 1.82) is 0 Å². The fourth-order valence-corrected chi connectivity index (χ4v) is 3.15. The Bertz CT molecular complexity index is 360. The van der Waals surface area contributed by atoms with E-state index in [4.69, 9.17) is 4.74 Å². The van der Waals surface area contributed by atoms with E-state index in [0.29, 0.717) is 0 Å². The minimum atomic E-state index is 0.739. The Kier molecular flexibility index (Phi) is 5.71. The molecule has 0 radical (unpaired) electrons. The summed E-state index contributed by atoms with van der Waals surface area (Å²) >= 11 is 0. The molecule has 0 aromatic heterocycles. The van der Waals surface area contributed by atoms with E-state index in [-0.39, 0.29) is 0 Å². The van der Waals surface area contributed by atoms with Crippen molar-refractivity contribution in [1.82, 2.24) is 5.32 Å². The third-order valence-corrected chi connectivity index (χ3v) is 4.44. The second-order valence-electron chi connectivity index (χ2n) is 5.76. The van der Waals surface area contributed by atoms with Crippen LogP contribution >= 0.6 is 0 Å². The molecule has 0 aliphatic heterocycles. The molecule has 1 fully saturated rings. The van der Waals surface area contributed by atoms with Crippen LogP contribution in [0.15, 0.2) is 24.3 Å². The topological polar surface area (TPSA) is 21.3 Å². The van der Waals surface area contributed by atoms with Crippen molar-refractivity contribution < 1.29 is 4.74 Å². The highest BCUT2D eigenvalue weighted by Gasteiger charge is 2.18. The van der Waals surface area contributed by atoms with Crippen LogP contribution in [-0.4, -0.2) is 20.2 Å². The van der Waals surface area contributed by atoms with E-state index in [1.54, 1.807) is 7.11 Å². The summed E-state index contributed by atoms with van der Waals surface area (Å²) in [7, 11) is 3.83. The molecule has 1 N–H and O–H groups in total. The van der Waals surface area contributed by atoms with Gasteiger partial charge < -0.3 is 10.1 Å². The SMILES string of the molecule is CNC1CCCCC(CCc2ccc(OC)cc2)C1. The molecule has 1 aliphatic rings. The molecule has 19 heavy (non-hydrogen) atoms. The summed E-state index contributed by atoms with van der Waals surface area (Å²) in [6.45, 7) is 0. The first-order chi connectivity index (χ1) is 9.31. The first-order valence-electron chi connectivity index (χ1n) is 7.62. The number of ether oxygens (including phenoxy) is 1. The molecule has 0 bridgehead atoms. The Morgan fingerprint density at radius 1 is 1.16 bits per heavy atom. The highest BCUT2D eigenvalue weighted by molar-refractivity contribution is 5.27. The summed E-state index contributed by atoms with van der Waals surface area (Å²) in [6.07, 6.45) is 9.45. The van der Waals surface area contributed by atoms with Gasteiger partial charge in [-0.1, -0.05) is 31.4 Å². The van der Waals surface area contributed by atoms with Crippen LogP contribution in [0.2, 0.25) is 0 Å². The minimum absolute atomic E-state index is 0.739. The molecule has 0 spiro atoms. The van der Waals surface area contributed by atoms with Gasteiger partial charge in [-0.2, -0.15) is 0 Å². The van der Waals surface area contributed by atoms with E-state index in [1.807, 2.05) is 0 Å². The number of nitrogens with one attached hydrogen (secondary N) is 1. The van der Waals surface area contributed by atoms with Crippen LogP contribution in [0, 0.1) is 5.92 Å². The van der Waals surface area contributed by atoms with Gasteiger partial charge in [-0.3, -0.25) is 0 Å². The number of methoxy groups -OCH3 is 1. The predicted molar refractivity (Wildman–Crippen MR) is 80.7 cm³/mol. The highest BCUT2D eigenvalue weighted by atomic mass is 16.5. The van der Waals surface area contributed by atoms with Crippen LogP contribution < -0.4 is 10.1 Å². The quantitative estimate of drug-likeness (QED) is 0.814. The molecule has 2 atom stereocenters. The van der Waals surface area contributed by atoms with Crippen molar-refractivity contribution in [2.45, 2.75) is 51.0 Å². The van der Waals surface area contributed by atoms with Crippen LogP contribution in [-0.2, 0) is 6.42 Å². The van der Waals surface area contributed by atoms with E-state index >= 15 is 0 Å². The van der Waals surface area contributed by atoms with Crippen molar-refractivity contribution in [2.24, 2.45) is 5.92 Å². The maximum Gasteiger partial charge on any atom is 0.118 e. The summed E-state index contributed by atoms with van der Waals surface area (Å²) in [5.74, 6) is 1.84. The number of benzene rings is 1. The van der Waals surface area contributed by atoms with E-state index in [2.05, 4.69) is 36.6 Å². The van der Waals surface area contributed by atoms with Crippen molar-refractivity contribution in [3.8, 4) is 5.75 Å². The first-order valence-corrected chi connectivity index (χ1v) is 7.62. The van der Waals surface area contributed by atoms with Crippen LogP contribution in [0.5, 0.6) is 5.75 Å². The van der Waals surface area contributed by atoms with Crippen LogP contribution in [0.4, 0.5) is 0 Å². The number of rotatable bonds is 5. The third-order valence-electron chi connectivity index (χ3n) is 4.44. The second-order valence-corrected chi connectivity index (χ2v) is 5.76. The normalized spacial score (nSPS) is 23.9. The average molecular weight is 261 g/mol. The zero-order valence-corrected chi connectivity index (χ0v) is 12.3. The zero-order chi connectivity index (χ0) is 13.5. The summed E-state index contributed by atoms with van der Waals surface area (Å²) < 4.78 is 5.20. The maximum absolute atomic E-state index is 5.20. The second kappa shape index (κ2) is 7.54. The van der Waals surface area contributed by atoms with Gasteiger partial charge in [0.15, 0.2) is 0 Å². The van der Waals surface area contributed by atoms with Gasteiger partial charge in [-0.25, -0.2) is 0 Å². The number of aryl methyl sites for hydroxylation is 1. The van der Waals surface area contributed by atoms with E-state index < -0.39 is 0 Å². The van der Waals surface area contributed by atoms with Crippen molar-refractivity contribution in [3.63, 3.8) is 0 Å². The van der Waals surface area contributed by atoms with Crippen molar-refractivity contribution >= 4 is 0 Å². The molecule has 2 heteroatoms. The molecule has 2 rings (SSSR count). The third kappa shape index (κ3) is 4.54. The fourth-order valence-electron chi connectivity index (χ4n) is 3.15. The van der Waals surface area contributed by atoms with E-state index in [0.717, 1.165) is 17.7 Å². The molecule has 0 heterocycles. The lowest BCUT2D eigenvalue weighted by Crippen LogP contribution is -2.26. The highest BCUT2D eigenvalue weighted by Crippen LogP contribution is 2.27.